The van der Waals surface area contributed by atoms with Crippen LogP contribution in [0, 0.1) is 118 Å². The van der Waals surface area contributed by atoms with Crippen LogP contribution in [0.1, 0.15) is 372 Å². The molecule has 0 amide bonds. The molecular weight excluding hydrogens is 1710 g/mol. The molecule has 0 radical (unpaired) electrons. The van der Waals surface area contributed by atoms with Gasteiger partial charge in [-0.05, 0) is 433 Å². The Labute approximate surface area is 821 Å². The van der Waals surface area contributed by atoms with Gasteiger partial charge in [0.2, 0.25) is 0 Å². The molecule has 0 N–H and O–H groups in total. The standard InChI is InChI=1S/C35H30.C27H37P.C24H35N2P.C24H39P.C13H27P.2CH3.Fe/c1-6-16-26(17-7-1)31-32(27-18-8-2-9-19-27)34(29-22-12-4-13-23-29)35(30-24-14-5-15-25-30)33(31)28-20-10-3-11-21-28;1-2-4-18(5-3-1)17-28(26-24-10-19-6-20(12-24)13-25(26)11-19)27-14-21-7-22(15-27)9-23(8-21)16-27;1-18-16-19(2)23(20(3)17-18)26-15-14-25-24(26)27(21-10-6-4-7-11-21)22-12-8-5-9-13-22;1-2-3-4-25(23-21-9-16-5-17(11-21)12-22(23)10-16)24-13-18-6-19(14-24)8-20(7-18)15-24;1-12(2,3)14(13(4,5)6)11-9-7-8-10-11;;;/h1-25,31-35H;1-5,19-26H,6-17H2;14-17,21-22H,4-13H2,1-3H3;16-23H,2-15H2,1H3;11H,7-10H2,1-6H3;2*1H3;/q;;;;;2*-1;+2. The largest absolute Gasteiger partial charge is 2.00 e. The minimum Gasteiger partial charge on any atom is -0.358 e. The summed E-state index contributed by atoms with van der Waals surface area (Å²) in [4.78, 5) is 5.04. The molecule has 712 valence electrons. The van der Waals surface area contributed by atoms with Crippen molar-refractivity contribution in [3.8, 4) is 5.69 Å². The van der Waals surface area contributed by atoms with Crippen molar-refractivity contribution in [2.45, 2.75) is 398 Å². The molecule has 2 nitrogen and oxygen atoms in total. The van der Waals surface area contributed by atoms with Crippen LogP contribution >= 0.6 is 31.7 Å². The molecule has 7 aromatic carbocycles. The third-order valence-electron chi connectivity index (χ3n) is 37.9. The first-order valence-electron chi connectivity index (χ1n) is 54.3. The molecule has 0 aliphatic heterocycles. The maximum atomic E-state index is 5.04. The third kappa shape index (κ3) is 21.4. The summed E-state index contributed by atoms with van der Waals surface area (Å²) in [6.45, 7) is 23.9. The topological polar surface area (TPSA) is 17.8 Å². The number of benzene rings is 7. The van der Waals surface area contributed by atoms with Gasteiger partial charge in [-0.1, -0.05) is 330 Å². The van der Waals surface area contributed by atoms with Gasteiger partial charge in [-0.25, -0.2) is 4.98 Å². The van der Waals surface area contributed by atoms with Crippen molar-refractivity contribution in [2.24, 2.45) is 82.9 Å². The van der Waals surface area contributed by atoms with Gasteiger partial charge in [0.15, 0.2) is 0 Å². The zero-order chi connectivity index (χ0) is 88.1. The molecule has 7 heteroatoms. The monoisotopic (exact) mass is 1880 g/mol. The summed E-state index contributed by atoms with van der Waals surface area (Å²) in [7, 11) is 0.425. The van der Waals surface area contributed by atoms with Crippen molar-refractivity contribution in [3.05, 3.63) is 271 Å². The van der Waals surface area contributed by atoms with E-state index in [1.807, 2.05) is 0 Å². The molecule has 20 aliphatic carbocycles. The van der Waals surface area contributed by atoms with Crippen LogP contribution in [0.4, 0.5) is 0 Å². The van der Waals surface area contributed by atoms with E-state index in [0.29, 0.717) is 47.8 Å². The Hall–Kier alpha value is -4.01. The van der Waals surface area contributed by atoms with Crippen molar-refractivity contribution in [3.63, 3.8) is 0 Å². The molecule has 1 heterocycles. The summed E-state index contributed by atoms with van der Waals surface area (Å²) in [6.07, 6.45) is 66.8. The summed E-state index contributed by atoms with van der Waals surface area (Å²) >= 11 is 0. The van der Waals surface area contributed by atoms with E-state index in [-0.39, 0.29) is 55.7 Å². The molecule has 20 fully saturated rings. The molecule has 0 saturated heterocycles. The molecule has 20 aliphatic rings. The number of aromatic nitrogens is 2. The first kappa shape index (κ1) is 99.6. The van der Waals surface area contributed by atoms with E-state index in [4.69, 9.17) is 4.98 Å². The number of hydrogen-bond acceptors (Lipinski definition) is 1. The number of unbranched alkanes of at least 4 members (excludes halogenated alkanes) is 1. The van der Waals surface area contributed by atoms with Crippen molar-refractivity contribution >= 4 is 37.3 Å². The third-order valence-corrected chi connectivity index (χ3v) is 53.6. The molecule has 2 atom stereocenters. The van der Waals surface area contributed by atoms with Gasteiger partial charge in [0, 0.05) is 12.4 Å². The van der Waals surface area contributed by atoms with Crippen molar-refractivity contribution in [2.75, 3.05) is 6.16 Å². The molecule has 28 rings (SSSR count). The molecule has 0 spiro atoms. The van der Waals surface area contributed by atoms with Gasteiger partial charge >= 0.3 is 17.1 Å². The summed E-state index contributed by atoms with van der Waals surface area (Å²) < 4.78 is 2.49. The van der Waals surface area contributed by atoms with E-state index in [2.05, 4.69) is 280 Å². The second kappa shape index (κ2) is 43.6. The van der Waals surface area contributed by atoms with Crippen LogP contribution in [0.25, 0.3) is 5.69 Å². The Bertz CT molecular complexity index is 4430. The molecule has 20 saturated carbocycles. The minimum absolute atomic E-state index is 0. The number of nitrogens with zero attached hydrogens (tertiary/aromatic N) is 2. The Morgan fingerprint density at radius 1 is 0.356 bits per heavy atom. The van der Waals surface area contributed by atoms with Gasteiger partial charge in [0.1, 0.15) is 5.57 Å². The first-order valence-corrected chi connectivity index (χ1v) is 60.4. The number of hydrogen-bond donors (Lipinski definition) is 0. The molecule has 2 unspecified atom stereocenters. The SMILES string of the molecule is CC(C)(C)P(C1CCCC1)C(C)(C)C.CCCCP(C1C2CC3CC(C2)CC1C3)C12CC3CC(CC(C3)C1)C2.Cc1cc(C)c(-n2ccnc2P(C2CCCCC2)C2CCCCC2)c(C)c1.[CH3-].[CH3-].[Fe+2].c1ccc(C2C(c3ccccc3)C(c3ccccc3)C(c3ccccc3)C2c2ccccc2)cc1.c1ccc(CP(C2C3CC4CC(C3)CC2C4)C23CC4CC(CC(C4)C2)C3)cc1. The van der Waals surface area contributed by atoms with Crippen molar-refractivity contribution in [1.29, 1.82) is 0 Å². The van der Waals surface area contributed by atoms with Crippen LogP contribution in [0.2, 0.25) is 0 Å². The number of rotatable bonds is 19. The Morgan fingerprint density at radius 3 is 0.962 bits per heavy atom. The van der Waals surface area contributed by atoms with Crippen LogP contribution in [-0.2, 0) is 23.2 Å². The number of aryl methyl sites for hydroxylation is 3. The second-order valence-electron chi connectivity index (χ2n) is 49.0. The molecular formula is C125H174FeN2P4. The summed E-state index contributed by atoms with van der Waals surface area (Å²) in [5.41, 5.74) is 20.9. The Balaban J connectivity index is 0.000000117. The zero-order valence-electron chi connectivity index (χ0n) is 84.3. The fourth-order valence-corrected chi connectivity index (χ4v) is 54.0. The average molecular weight is 1880 g/mol. The Kier molecular flexibility index (Phi) is 32.9. The van der Waals surface area contributed by atoms with E-state index in [1.165, 1.54) is 176 Å². The normalized spacial score (nSPS) is 34.2. The van der Waals surface area contributed by atoms with E-state index >= 15 is 0 Å². The van der Waals surface area contributed by atoms with Crippen LogP contribution in [0.3, 0.4) is 0 Å². The fraction of sp³-hybridized carbons (Fsp3) is 0.624. The average Bonchev–Trinajstić information content (AvgIpc) is 1.22. The van der Waals surface area contributed by atoms with Gasteiger partial charge in [-0.15, -0.1) is 0 Å². The summed E-state index contributed by atoms with van der Waals surface area (Å²) in [5.74, 6) is 17.8. The van der Waals surface area contributed by atoms with E-state index in [9.17, 15) is 0 Å². The molecule has 1 aromatic heterocycles. The predicted molar refractivity (Wildman–Crippen MR) is 573 cm³/mol. The summed E-state index contributed by atoms with van der Waals surface area (Å²) in [6, 6.07) is 72.5. The van der Waals surface area contributed by atoms with E-state index < -0.39 is 0 Å². The first-order chi connectivity index (χ1) is 62.8. The molecule has 132 heavy (non-hydrogen) atoms. The van der Waals surface area contributed by atoms with Crippen LogP contribution < -0.4 is 5.57 Å². The minimum atomic E-state index is -0.180. The fourth-order valence-electron chi connectivity index (χ4n) is 35.4. The van der Waals surface area contributed by atoms with Crippen LogP contribution in [0.5, 0.6) is 0 Å². The predicted octanol–water partition coefficient (Wildman–Crippen LogP) is 35.9. The van der Waals surface area contributed by atoms with Gasteiger partial charge in [-0.3, -0.25) is 4.57 Å². The Morgan fingerprint density at radius 2 is 0.644 bits per heavy atom. The maximum absolute atomic E-state index is 5.04. The van der Waals surface area contributed by atoms with Gasteiger partial charge in [0.25, 0.3) is 0 Å². The molecule has 8 aromatic rings. The van der Waals surface area contributed by atoms with Crippen molar-refractivity contribution in [1.82, 2.24) is 9.55 Å². The van der Waals surface area contributed by atoms with Crippen LogP contribution in [-0.4, -0.2) is 64.6 Å². The smallest absolute Gasteiger partial charge is 0.358 e. The van der Waals surface area contributed by atoms with Gasteiger partial charge in [0.05, 0.1) is 5.69 Å². The van der Waals surface area contributed by atoms with Crippen LogP contribution in [0.15, 0.2) is 207 Å². The second-order valence-corrected chi connectivity index (χ2v) is 61.5. The van der Waals surface area contributed by atoms with E-state index in [1.54, 1.807) is 159 Å². The van der Waals surface area contributed by atoms with Gasteiger partial charge in [-0.2, -0.15) is 0 Å². The van der Waals surface area contributed by atoms with Gasteiger partial charge < -0.3 is 14.9 Å². The number of imidazole rings is 1. The zero-order valence-corrected chi connectivity index (χ0v) is 89.0. The molecule has 16 bridgehead atoms. The van der Waals surface area contributed by atoms with Crippen molar-refractivity contribution < 1.29 is 17.1 Å². The maximum Gasteiger partial charge on any atom is 2.00 e. The van der Waals surface area contributed by atoms with E-state index in [0.717, 1.165) is 104 Å². The quantitative estimate of drug-likeness (QED) is 0.0448. The summed E-state index contributed by atoms with van der Waals surface area (Å²) in [5, 5.41) is 2.74.